The monoisotopic (exact) mass is 188 g/mol. The van der Waals surface area contributed by atoms with Crippen molar-refractivity contribution in [2.75, 3.05) is 0 Å². The molecule has 0 amide bonds. The van der Waals surface area contributed by atoms with Gasteiger partial charge in [-0.2, -0.15) is 0 Å². The van der Waals surface area contributed by atoms with Gasteiger partial charge < -0.3 is 0 Å². The van der Waals surface area contributed by atoms with Crippen molar-refractivity contribution in [1.29, 1.82) is 0 Å². The smallest absolute Gasteiger partial charge is 0.198 e. The van der Waals surface area contributed by atoms with Crippen LogP contribution in [-0.4, -0.2) is 9.36 Å². The van der Waals surface area contributed by atoms with Gasteiger partial charge in [0.15, 0.2) is 3.95 Å². The number of unbranched alkanes of at least 4 members (excludes halogenated alkanes) is 2. The fraction of sp³-hybridized carbons (Fsp3) is 0.714. The minimum absolute atomic E-state index is 0.719. The fourth-order valence-corrected chi connectivity index (χ4v) is 1.65. The van der Waals surface area contributed by atoms with Crippen LogP contribution in [0.2, 0.25) is 0 Å². The van der Waals surface area contributed by atoms with Crippen LogP contribution in [-0.2, 0) is 6.42 Å². The zero-order chi connectivity index (χ0) is 8.10. The summed E-state index contributed by atoms with van der Waals surface area (Å²) in [6, 6.07) is 0. The lowest BCUT2D eigenvalue weighted by molar-refractivity contribution is 0.700. The van der Waals surface area contributed by atoms with Crippen LogP contribution in [0.25, 0.3) is 0 Å². The van der Waals surface area contributed by atoms with Gasteiger partial charge in [0.05, 0.1) is 0 Å². The Morgan fingerprint density at radius 2 is 2.36 bits per heavy atom. The molecule has 0 aliphatic heterocycles. The second-order valence-electron chi connectivity index (χ2n) is 2.49. The van der Waals surface area contributed by atoms with Crippen molar-refractivity contribution in [2.24, 2.45) is 0 Å². The summed E-state index contributed by atoms with van der Waals surface area (Å²) < 4.78 is 3.81. The second kappa shape index (κ2) is 4.62. The first-order chi connectivity index (χ1) is 5.33. The SMILES string of the molecule is CCCCCc1nc(=S)s[nH]1. The molecule has 62 valence electrons. The number of nitrogens with zero attached hydrogens (tertiary/aromatic N) is 1. The van der Waals surface area contributed by atoms with Gasteiger partial charge in [0.2, 0.25) is 0 Å². The Morgan fingerprint density at radius 1 is 1.55 bits per heavy atom. The maximum absolute atomic E-state index is 4.89. The number of rotatable bonds is 4. The Kier molecular flexibility index (Phi) is 3.72. The van der Waals surface area contributed by atoms with E-state index in [0.29, 0.717) is 0 Å². The zero-order valence-electron chi connectivity index (χ0n) is 6.59. The van der Waals surface area contributed by atoms with E-state index in [9.17, 15) is 0 Å². The number of hydrogen-bond donors (Lipinski definition) is 1. The highest BCUT2D eigenvalue weighted by Crippen LogP contribution is 2.04. The van der Waals surface area contributed by atoms with Crippen molar-refractivity contribution < 1.29 is 0 Å². The molecule has 1 aromatic rings. The van der Waals surface area contributed by atoms with Crippen LogP contribution < -0.4 is 0 Å². The first kappa shape index (κ1) is 8.87. The molecule has 0 radical (unpaired) electrons. The van der Waals surface area contributed by atoms with E-state index in [1.54, 1.807) is 0 Å². The Morgan fingerprint density at radius 3 is 2.91 bits per heavy atom. The van der Waals surface area contributed by atoms with Crippen LogP contribution in [0.15, 0.2) is 0 Å². The average molecular weight is 188 g/mol. The highest BCUT2D eigenvalue weighted by molar-refractivity contribution is 7.73. The minimum atomic E-state index is 0.719. The van der Waals surface area contributed by atoms with E-state index in [1.807, 2.05) is 0 Å². The third-order valence-corrected chi connectivity index (χ3v) is 2.44. The predicted molar refractivity (Wildman–Crippen MR) is 50.5 cm³/mol. The van der Waals surface area contributed by atoms with E-state index in [2.05, 4.69) is 16.3 Å². The van der Waals surface area contributed by atoms with Crippen molar-refractivity contribution in [1.82, 2.24) is 9.36 Å². The Labute approximate surface area is 75.8 Å². The molecule has 1 rings (SSSR count). The number of aromatic nitrogens is 2. The van der Waals surface area contributed by atoms with Gasteiger partial charge in [-0.05, 0) is 30.2 Å². The van der Waals surface area contributed by atoms with E-state index in [4.69, 9.17) is 12.2 Å². The molecule has 0 saturated heterocycles. The standard InChI is InChI=1S/C7H12N2S2/c1-2-3-4-5-6-8-7(10)11-9-6/h2-5H2,1H3,(H,8,9,10). The first-order valence-corrected chi connectivity index (χ1v) is 5.09. The molecule has 0 bridgehead atoms. The second-order valence-corrected chi connectivity index (χ2v) is 3.93. The van der Waals surface area contributed by atoms with Gasteiger partial charge in [0.25, 0.3) is 0 Å². The predicted octanol–water partition coefficient (Wildman–Crippen LogP) is 2.93. The lowest BCUT2D eigenvalue weighted by Gasteiger charge is -1.92. The highest BCUT2D eigenvalue weighted by Gasteiger charge is 1.95. The van der Waals surface area contributed by atoms with Gasteiger partial charge in [-0.25, -0.2) is 4.98 Å². The van der Waals surface area contributed by atoms with Crippen LogP contribution in [0.5, 0.6) is 0 Å². The summed E-state index contributed by atoms with van der Waals surface area (Å²) >= 11 is 6.33. The summed E-state index contributed by atoms with van der Waals surface area (Å²) in [7, 11) is 0. The normalized spacial score (nSPS) is 10.3. The number of hydrogen-bond acceptors (Lipinski definition) is 3. The molecule has 0 saturated carbocycles. The van der Waals surface area contributed by atoms with Crippen LogP contribution >= 0.6 is 23.8 Å². The largest absolute Gasteiger partial charge is 0.297 e. The number of H-pyrrole nitrogens is 1. The van der Waals surface area contributed by atoms with Gasteiger partial charge in [-0.15, -0.1) is 0 Å². The third kappa shape index (κ3) is 3.12. The molecule has 0 spiro atoms. The third-order valence-electron chi connectivity index (χ3n) is 1.50. The van der Waals surface area contributed by atoms with Gasteiger partial charge in [-0.3, -0.25) is 4.37 Å². The highest BCUT2D eigenvalue weighted by atomic mass is 32.2. The summed E-state index contributed by atoms with van der Waals surface area (Å²) in [6.45, 7) is 2.20. The van der Waals surface area contributed by atoms with Gasteiger partial charge in [0.1, 0.15) is 5.82 Å². The topological polar surface area (TPSA) is 28.7 Å². The number of aryl methyl sites for hydroxylation is 1. The van der Waals surface area contributed by atoms with Gasteiger partial charge in [0, 0.05) is 6.42 Å². The minimum Gasteiger partial charge on any atom is -0.297 e. The van der Waals surface area contributed by atoms with Crippen molar-refractivity contribution in [3.8, 4) is 0 Å². The molecule has 11 heavy (non-hydrogen) atoms. The summed E-state index contributed by atoms with van der Waals surface area (Å²) in [5, 5.41) is 0. The summed E-state index contributed by atoms with van der Waals surface area (Å²) in [6.07, 6.45) is 4.79. The van der Waals surface area contributed by atoms with Crippen molar-refractivity contribution in [3.05, 3.63) is 9.78 Å². The van der Waals surface area contributed by atoms with Crippen LogP contribution in [0.4, 0.5) is 0 Å². The molecule has 2 nitrogen and oxygen atoms in total. The van der Waals surface area contributed by atoms with Gasteiger partial charge in [-0.1, -0.05) is 19.8 Å². The van der Waals surface area contributed by atoms with Crippen LogP contribution in [0, 0.1) is 3.95 Å². The van der Waals surface area contributed by atoms with E-state index in [-0.39, 0.29) is 0 Å². The summed E-state index contributed by atoms with van der Waals surface area (Å²) in [4.78, 5) is 4.16. The molecule has 1 heterocycles. The first-order valence-electron chi connectivity index (χ1n) is 3.87. The Balaban J connectivity index is 2.33. The molecular formula is C7H12N2S2. The molecule has 1 aromatic heterocycles. The molecule has 0 atom stereocenters. The summed E-state index contributed by atoms with van der Waals surface area (Å²) in [5.41, 5.74) is 0. The molecule has 0 aliphatic carbocycles. The van der Waals surface area contributed by atoms with E-state index < -0.39 is 0 Å². The van der Waals surface area contributed by atoms with Crippen LogP contribution in [0.3, 0.4) is 0 Å². The lowest BCUT2D eigenvalue weighted by atomic mass is 10.2. The van der Waals surface area contributed by atoms with Crippen molar-refractivity contribution in [2.45, 2.75) is 32.6 Å². The van der Waals surface area contributed by atoms with E-state index in [0.717, 1.165) is 16.2 Å². The number of aromatic amines is 1. The fourth-order valence-electron chi connectivity index (χ4n) is 0.908. The quantitative estimate of drug-likeness (QED) is 0.581. The molecule has 1 N–H and O–H groups in total. The maximum atomic E-state index is 4.89. The van der Waals surface area contributed by atoms with Crippen molar-refractivity contribution in [3.63, 3.8) is 0 Å². The Bertz CT molecular complexity index is 251. The lowest BCUT2D eigenvalue weighted by Crippen LogP contribution is -1.86. The van der Waals surface area contributed by atoms with Gasteiger partial charge >= 0.3 is 0 Å². The Hall–Kier alpha value is -0.220. The molecular weight excluding hydrogens is 176 g/mol. The maximum Gasteiger partial charge on any atom is 0.198 e. The molecule has 4 heteroatoms. The molecule has 0 aliphatic rings. The molecule has 0 aromatic carbocycles. The summed E-state index contributed by atoms with van der Waals surface area (Å²) in [5.74, 6) is 1.05. The number of nitrogens with one attached hydrogen (secondary N) is 1. The van der Waals surface area contributed by atoms with E-state index >= 15 is 0 Å². The van der Waals surface area contributed by atoms with Crippen molar-refractivity contribution >= 4 is 23.8 Å². The zero-order valence-corrected chi connectivity index (χ0v) is 8.23. The molecule has 0 unspecified atom stereocenters. The molecule has 0 fully saturated rings. The van der Waals surface area contributed by atoms with E-state index in [1.165, 1.54) is 30.8 Å². The van der Waals surface area contributed by atoms with Crippen LogP contribution in [0.1, 0.15) is 32.0 Å². The average Bonchev–Trinajstić information content (AvgIpc) is 2.37.